The number of halogens is 1. The molecule has 2 aromatic heterocycles. The molecule has 1 aliphatic rings. The Labute approximate surface area is 205 Å². The highest BCUT2D eigenvalue weighted by Crippen LogP contribution is 2.29. The molecular weight excluding hydrogens is 452 g/mol. The minimum Gasteiger partial charge on any atom is -0.463 e. The molecule has 1 N–H and O–H groups in total. The molecule has 5 rings (SSSR count). The molecule has 1 saturated heterocycles. The Balaban J connectivity index is 0.00000274. The molecule has 1 aliphatic heterocycles. The van der Waals surface area contributed by atoms with Gasteiger partial charge < -0.3 is 19.1 Å². The van der Waals surface area contributed by atoms with Gasteiger partial charge in [-0.25, -0.2) is 4.98 Å². The fraction of sp³-hybridized carbons (Fsp3) is 0.308. The van der Waals surface area contributed by atoms with E-state index in [-0.39, 0.29) is 18.3 Å². The zero-order chi connectivity index (χ0) is 23.1. The first-order valence-electron chi connectivity index (χ1n) is 11.2. The molecule has 7 nitrogen and oxygen atoms in total. The predicted molar refractivity (Wildman–Crippen MR) is 137 cm³/mol. The van der Waals surface area contributed by atoms with E-state index in [2.05, 4.69) is 53.1 Å². The van der Waals surface area contributed by atoms with Crippen LogP contribution in [0.15, 0.2) is 63.8 Å². The second kappa shape index (κ2) is 9.52. The van der Waals surface area contributed by atoms with E-state index in [1.165, 1.54) is 6.26 Å². The Morgan fingerprint density at radius 1 is 1.09 bits per heavy atom. The number of likely N-dealkylation sites (N-methyl/N-ethyl adjacent to an activating group) is 1. The van der Waals surface area contributed by atoms with Crippen molar-refractivity contribution in [3.8, 4) is 11.5 Å². The molecule has 8 heteroatoms. The normalized spacial score (nSPS) is 18.6. The van der Waals surface area contributed by atoms with Crippen LogP contribution in [0, 0.1) is 6.92 Å². The fourth-order valence-electron chi connectivity index (χ4n) is 4.39. The molecule has 0 saturated carbocycles. The molecule has 34 heavy (non-hydrogen) atoms. The average Bonchev–Trinajstić information content (AvgIpc) is 3.43. The number of furan rings is 1. The van der Waals surface area contributed by atoms with E-state index in [9.17, 15) is 4.79 Å². The Bertz CT molecular complexity index is 1290. The predicted octanol–water partition coefficient (Wildman–Crippen LogP) is 5.60. The lowest BCUT2D eigenvalue weighted by atomic mass is 10.1. The summed E-state index contributed by atoms with van der Waals surface area (Å²) in [6.45, 7) is 8.24. The Morgan fingerprint density at radius 3 is 2.44 bits per heavy atom. The molecule has 0 spiro atoms. The third kappa shape index (κ3) is 4.54. The van der Waals surface area contributed by atoms with Crippen LogP contribution >= 0.6 is 12.4 Å². The minimum absolute atomic E-state index is 0. The van der Waals surface area contributed by atoms with E-state index in [4.69, 9.17) is 8.83 Å². The SMILES string of the molecule is Cc1cnc(-c2ccc(NC(=O)c3coc4ccc(N5CC(C)N(C)C(C)C5)cc34)cc2)o1.Cl. The van der Waals surface area contributed by atoms with E-state index in [0.29, 0.717) is 34.8 Å². The molecule has 0 aliphatic carbocycles. The largest absolute Gasteiger partial charge is 0.463 e. The van der Waals surface area contributed by atoms with Crippen LogP contribution in [0.5, 0.6) is 0 Å². The number of anilines is 2. The van der Waals surface area contributed by atoms with Crippen molar-refractivity contribution in [2.45, 2.75) is 32.9 Å². The van der Waals surface area contributed by atoms with Crippen molar-refractivity contribution in [2.24, 2.45) is 0 Å². The number of amides is 1. The number of aromatic nitrogens is 1. The molecule has 1 fully saturated rings. The Morgan fingerprint density at radius 2 is 1.79 bits per heavy atom. The van der Waals surface area contributed by atoms with Gasteiger partial charge in [0.1, 0.15) is 17.6 Å². The van der Waals surface area contributed by atoms with Crippen LogP contribution in [-0.2, 0) is 0 Å². The number of benzene rings is 2. The van der Waals surface area contributed by atoms with Gasteiger partial charge in [0.05, 0.1) is 11.8 Å². The summed E-state index contributed by atoms with van der Waals surface area (Å²) in [6.07, 6.45) is 3.22. The van der Waals surface area contributed by atoms with Gasteiger partial charge in [0.15, 0.2) is 0 Å². The van der Waals surface area contributed by atoms with Gasteiger partial charge in [-0.15, -0.1) is 12.4 Å². The number of aryl methyl sites for hydroxylation is 1. The summed E-state index contributed by atoms with van der Waals surface area (Å²) in [5.74, 6) is 1.12. The van der Waals surface area contributed by atoms with Crippen molar-refractivity contribution in [1.82, 2.24) is 9.88 Å². The molecule has 2 unspecified atom stereocenters. The van der Waals surface area contributed by atoms with Crippen molar-refractivity contribution in [3.63, 3.8) is 0 Å². The second-order valence-corrected chi connectivity index (χ2v) is 8.91. The van der Waals surface area contributed by atoms with Crippen LogP contribution in [0.3, 0.4) is 0 Å². The first-order chi connectivity index (χ1) is 15.9. The topological polar surface area (TPSA) is 74.8 Å². The number of rotatable bonds is 4. The highest BCUT2D eigenvalue weighted by atomic mass is 35.5. The van der Waals surface area contributed by atoms with Gasteiger partial charge in [-0.3, -0.25) is 9.69 Å². The standard InChI is InChI=1S/C26H28N4O3.ClH/c1-16-13-30(14-17(2)29(16)4)21-9-10-24-22(11-21)23(15-32-24)25(31)28-20-7-5-19(6-8-20)26-27-12-18(3)33-26;/h5-12,15-17H,13-14H2,1-4H3,(H,28,31);1H. The Kier molecular flexibility index (Phi) is 6.68. The van der Waals surface area contributed by atoms with Gasteiger partial charge in [0.2, 0.25) is 5.89 Å². The summed E-state index contributed by atoms with van der Waals surface area (Å²) in [6, 6.07) is 14.4. The molecule has 3 heterocycles. The number of hydrogen-bond acceptors (Lipinski definition) is 6. The lowest BCUT2D eigenvalue weighted by molar-refractivity contribution is 0.102. The maximum absolute atomic E-state index is 13.1. The van der Waals surface area contributed by atoms with Gasteiger partial charge in [0.25, 0.3) is 5.91 Å². The van der Waals surface area contributed by atoms with Crippen molar-refractivity contribution >= 4 is 40.7 Å². The maximum Gasteiger partial charge on any atom is 0.259 e. The van der Waals surface area contributed by atoms with Crippen LogP contribution in [-0.4, -0.2) is 48.0 Å². The first kappa shape index (κ1) is 23.9. The van der Waals surface area contributed by atoms with Crippen LogP contribution < -0.4 is 10.2 Å². The quantitative estimate of drug-likeness (QED) is 0.410. The van der Waals surface area contributed by atoms with Crippen LogP contribution in [0.25, 0.3) is 22.4 Å². The summed E-state index contributed by atoms with van der Waals surface area (Å²) in [5.41, 5.74) is 3.88. The molecule has 0 bridgehead atoms. The van der Waals surface area contributed by atoms with E-state index >= 15 is 0 Å². The zero-order valence-electron chi connectivity index (χ0n) is 19.7. The molecule has 2 atom stereocenters. The van der Waals surface area contributed by atoms with Crippen LogP contribution in [0.2, 0.25) is 0 Å². The number of nitrogens with one attached hydrogen (secondary N) is 1. The smallest absolute Gasteiger partial charge is 0.259 e. The van der Waals surface area contributed by atoms with E-state index in [1.54, 1.807) is 6.20 Å². The lowest BCUT2D eigenvalue weighted by Gasteiger charge is -2.43. The van der Waals surface area contributed by atoms with Gasteiger partial charge in [0, 0.05) is 47.5 Å². The molecule has 178 valence electrons. The number of fused-ring (bicyclic) bond motifs is 1. The molecular formula is C26H29ClN4O3. The van der Waals surface area contributed by atoms with Gasteiger partial charge >= 0.3 is 0 Å². The highest BCUT2D eigenvalue weighted by Gasteiger charge is 2.27. The van der Waals surface area contributed by atoms with Crippen LogP contribution in [0.1, 0.15) is 30.0 Å². The van der Waals surface area contributed by atoms with Crippen LogP contribution in [0.4, 0.5) is 11.4 Å². The van der Waals surface area contributed by atoms with Gasteiger partial charge in [-0.2, -0.15) is 0 Å². The molecule has 0 radical (unpaired) electrons. The fourth-order valence-corrected chi connectivity index (χ4v) is 4.39. The highest BCUT2D eigenvalue weighted by molar-refractivity contribution is 6.12. The van der Waals surface area contributed by atoms with E-state index in [0.717, 1.165) is 35.5 Å². The van der Waals surface area contributed by atoms with E-state index < -0.39 is 0 Å². The monoisotopic (exact) mass is 480 g/mol. The summed E-state index contributed by atoms with van der Waals surface area (Å²) in [4.78, 5) is 22.1. The molecule has 2 aromatic carbocycles. The molecule has 4 aromatic rings. The number of hydrogen-bond donors (Lipinski definition) is 1. The third-order valence-electron chi connectivity index (χ3n) is 6.54. The summed E-state index contributed by atoms with van der Waals surface area (Å²) in [5, 5.41) is 3.78. The number of nitrogens with zero attached hydrogens (tertiary/aromatic N) is 3. The third-order valence-corrected chi connectivity index (χ3v) is 6.54. The molecule has 1 amide bonds. The number of carbonyl (C=O) groups excluding carboxylic acids is 1. The summed E-state index contributed by atoms with van der Waals surface area (Å²) >= 11 is 0. The average molecular weight is 481 g/mol. The summed E-state index contributed by atoms with van der Waals surface area (Å²) in [7, 11) is 2.17. The minimum atomic E-state index is -0.203. The van der Waals surface area contributed by atoms with Gasteiger partial charge in [-0.1, -0.05) is 0 Å². The maximum atomic E-state index is 13.1. The number of piperazine rings is 1. The second-order valence-electron chi connectivity index (χ2n) is 8.91. The van der Waals surface area contributed by atoms with Gasteiger partial charge in [-0.05, 0) is 70.3 Å². The lowest BCUT2D eigenvalue weighted by Crippen LogP contribution is -2.55. The Hall–Kier alpha value is -3.29. The van der Waals surface area contributed by atoms with E-state index in [1.807, 2.05) is 37.3 Å². The summed E-state index contributed by atoms with van der Waals surface area (Å²) < 4.78 is 11.2. The first-order valence-corrected chi connectivity index (χ1v) is 11.2. The van der Waals surface area contributed by atoms with Crippen molar-refractivity contribution < 1.29 is 13.6 Å². The van der Waals surface area contributed by atoms with Crippen molar-refractivity contribution in [1.29, 1.82) is 0 Å². The van der Waals surface area contributed by atoms with Crippen molar-refractivity contribution in [3.05, 3.63) is 66.2 Å². The zero-order valence-corrected chi connectivity index (χ0v) is 20.6. The number of carbonyl (C=O) groups is 1. The number of oxazole rings is 1. The van der Waals surface area contributed by atoms with Crippen molar-refractivity contribution in [2.75, 3.05) is 30.4 Å².